The molecule has 0 atom stereocenters. The van der Waals surface area contributed by atoms with Gasteiger partial charge in [-0.05, 0) is 37.3 Å². The first-order valence-corrected chi connectivity index (χ1v) is 9.98. The molecule has 1 fully saturated rings. The van der Waals surface area contributed by atoms with E-state index in [2.05, 4.69) is 38.9 Å². The number of halogens is 2. The van der Waals surface area contributed by atoms with Crippen LogP contribution in [0.15, 0.2) is 22.7 Å². The van der Waals surface area contributed by atoms with E-state index in [-0.39, 0.29) is 0 Å². The third-order valence-electron chi connectivity index (χ3n) is 4.55. The largest absolute Gasteiger partial charge is 0.326 e. The fourth-order valence-electron chi connectivity index (χ4n) is 3.34. The zero-order valence-electron chi connectivity index (χ0n) is 12.2. The molecule has 1 aliphatic rings. The van der Waals surface area contributed by atoms with Crippen molar-refractivity contribution in [1.82, 2.24) is 9.55 Å². The molecule has 0 aliphatic heterocycles. The lowest BCUT2D eigenvalue weighted by Gasteiger charge is -2.36. The Morgan fingerprint density at radius 3 is 2.76 bits per heavy atom. The lowest BCUT2D eigenvalue weighted by atomic mass is 9.88. The molecule has 1 aromatic heterocycles. The quantitative estimate of drug-likeness (QED) is 0.635. The number of benzene rings is 1. The van der Waals surface area contributed by atoms with Crippen molar-refractivity contribution in [1.29, 1.82) is 0 Å². The van der Waals surface area contributed by atoms with Gasteiger partial charge in [0, 0.05) is 15.8 Å². The van der Waals surface area contributed by atoms with Gasteiger partial charge in [-0.15, -0.1) is 11.6 Å². The van der Waals surface area contributed by atoms with E-state index in [0.29, 0.717) is 10.6 Å². The van der Waals surface area contributed by atoms with Crippen molar-refractivity contribution < 1.29 is 0 Å². The Bertz CT molecular complexity index is 634. The van der Waals surface area contributed by atoms with Crippen LogP contribution in [0.1, 0.15) is 37.9 Å². The highest BCUT2D eigenvalue weighted by atomic mass is 79.9. The van der Waals surface area contributed by atoms with Gasteiger partial charge in [-0.2, -0.15) is 11.8 Å². The second-order valence-corrected chi connectivity index (χ2v) is 8.29. The molecule has 0 unspecified atom stereocenters. The summed E-state index contributed by atoms with van der Waals surface area (Å²) in [6, 6.07) is 6.27. The molecule has 0 N–H and O–H groups in total. The molecule has 0 saturated heterocycles. The number of imidazole rings is 1. The van der Waals surface area contributed by atoms with Crippen molar-refractivity contribution in [2.45, 2.75) is 49.3 Å². The first-order chi connectivity index (χ1) is 10.2. The highest BCUT2D eigenvalue weighted by Gasteiger charge is 2.32. The monoisotopic (exact) mass is 386 g/mol. The van der Waals surface area contributed by atoms with Crippen LogP contribution in [0, 0.1) is 0 Å². The zero-order valence-corrected chi connectivity index (χ0v) is 15.4. The van der Waals surface area contributed by atoms with E-state index < -0.39 is 0 Å². The van der Waals surface area contributed by atoms with Crippen LogP contribution in [0.25, 0.3) is 11.0 Å². The molecule has 0 bridgehead atoms. The number of aromatic nitrogens is 2. The van der Waals surface area contributed by atoms with Gasteiger partial charge in [-0.1, -0.05) is 35.2 Å². The molecule has 2 aromatic rings. The van der Waals surface area contributed by atoms with E-state index >= 15 is 0 Å². The normalized spacial score (nSPS) is 18.2. The molecule has 5 heteroatoms. The van der Waals surface area contributed by atoms with Crippen LogP contribution in [0.4, 0.5) is 0 Å². The Balaban J connectivity index is 2.03. The third-order valence-corrected chi connectivity index (χ3v) is 6.69. The second-order valence-electron chi connectivity index (χ2n) is 5.83. The molecule has 1 aliphatic carbocycles. The van der Waals surface area contributed by atoms with Crippen LogP contribution >= 0.6 is 39.3 Å². The second kappa shape index (κ2) is 6.51. The van der Waals surface area contributed by atoms with Crippen LogP contribution < -0.4 is 0 Å². The van der Waals surface area contributed by atoms with Crippen molar-refractivity contribution in [3.05, 3.63) is 28.5 Å². The van der Waals surface area contributed by atoms with Gasteiger partial charge in [0.2, 0.25) is 0 Å². The summed E-state index contributed by atoms with van der Waals surface area (Å²) >= 11 is 11.7. The Hall–Kier alpha value is -0.190. The number of hydrogen-bond donors (Lipinski definition) is 0. The lowest BCUT2D eigenvalue weighted by Crippen LogP contribution is -2.33. The minimum Gasteiger partial charge on any atom is -0.326 e. The summed E-state index contributed by atoms with van der Waals surface area (Å²) in [7, 11) is 0. The van der Waals surface area contributed by atoms with Crippen molar-refractivity contribution in [3.63, 3.8) is 0 Å². The molecule has 3 rings (SSSR count). The van der Waals surface area contributed by atoms with Crippen LogP contribution in [0.2, 0.25) is 0 Å². The molecule has 1 saturated carbocycles. The fourth-order valence-corrected chi connectivity index (χ4v) is 4.84. The topological polar surface area (TPSA) is 17.8 Å². The van der Waals surface area contributed by atoms with Gasteiger partial charge in [0.15, 0.2) is 0 Å². The van der Waals surface area contributed by atoms with E-state index in [9.17, 15) is 0 Å². The SMILES string of the molecule is CSC1(Cn2c(CCl)nc3ccc(Br)cc32)CCCCC1. The standard InChI is InChI=1S/C16H20BrClN2S/c1-21-16(7-3-2-4-8-16)11-20-14-9-12(17)5-6-13(14)19-15(20)10-18/h5-6,9H,2-4,7-8,10-11H2,1H3. The summed E-state index contributed by atoms with van der Waals surface area (Å²) in [5, 5.41) is 0. The maximum absolute atomic E-state index is 6.15. The summed E-state index contributed by atoms with van der Waals surface area (Å²) in [5.74, 6) is 1.46. The summed E-state index contributed by atoms with van der Waals surface area (Å²) < 4.78 is 3.78. The van der Waals surface area contributed by atoms with Crippen molar-refractivity contribution in [2.75, 3.05) is 6.26 Å². The van der Waals surface area contributed by atoms with Gasteiger partial charge in [-0.25, -0.2) is 4.98 Å². The number of fused-ring (bicyclic) bond motifs is 1. The molecule has 2 nitrogen and oxygen atoms in total. The maximum atomic E-state index is 6.15. The Morgan fingerprint density at radius 1 is 1.33 bits per heavy atom. The first kappa shape index (κ1) is 15.7. The Labute approximate surface area is 143 Å². The minimum absolute atomic E-state index is 0.342. The molecule has 1 heterocycles. The lowest BCUT2D eigenvalue weighted by molar-refractivity contribution is 0.359. The van der Waals surface area contributed by atoms with Crippen LogP contribution in [0.5, 0.6) is 0 Å². The smallest absolute Gasteiger partial charge is 0.124 e. The Morgan fingerprint density at radius 2 is 2.10 bits per heavy atom. The average molecular weight is 388 g/mol. The predicted molar refractivity (Wildman–Crippen MR) is 96.3 cm³/mol. The molecule has 21 heavy (non-hydrogen) atoms. The van der Waals surface area contributed by atoms with Crippen molar-refractivity contribution in [3.8, 4) is 0 Å². The number of alkyl halides is 1. The van der Waals surface area contributed by atoms with Gasteiger partial charge in [0.25, 0.3) is 0 Å². The Kier molecular flexibility index (Phi) is 4.87. The van der Waals surface area contributed by atoms with E-state index in [1.54, 1.807) is 0 Å². The molecule has 0 amide bonds. The molecule has 0 radical (unpaired) electrons. The summed E-state index contributed by atoms with van der Waals surface area (Å²) in [4.78, 5) is 4.70. The highest BCUT2D eigenvalue weighted by molar-refractivity contribution is 9.10. The van der Waals surface area contributed by atoms with Crippen LogP contribution in [0.3, 0.4) is 0 Å². The number of thioether (sulfide) groups is 1. The van der Waals surface area contributed by atoms with Gasteiger partial charge in [-0.3, -0.25) is 0 Å². The van der Waals surface area contributed by atoms with E-state index in [1.165, 1.54) is 37.6 Å². The number of nitrogens with zero attached hydrogens (tertiary/aromatic N) is 2. The molecular formula is C16H20BrClN2S. The maximum Gasteiger partial charge on any atom is 0.124 e. The van der Waals surface area contributed by atoms with Crippen LogP contribution in [-0.4, -0.2) is 20.6 Å². The number of rotatable bonds is 4. The van der Waals surface area contributed by atoms with E-state index in [1.807, 2.05) is 17.8 Å². The van der Waals surface area contributed by atoms with Crippen LogP contribution in [-0.2, 0) is 12.4 Å². The van der Waals surface area contributed by atoms with Gasteiger partial charge < -0.3 is 4.57 Å². The third kappa shape index (κ3) is 3.13. The summed E-state index contributed by atoms with van der Waals surface area (Å²) in [6.45, 7) is 1.02. The molecule has 1 aromatic carbocycles. The molecular weight excluding hydrogens is 368 g/mol. The molecule has 0 spiro atoms. The summed E-state index contributed by atoms with van der Waals surface area (Å²) in [5.41, 5.74) is 2.24. The minimum atomic E-state index is 0.342. The van der Waals surface area contributed by atoms with E-state index in [4.69, 9.17) is 16.6 Å². The fraction of sp³-hybridized carbons (Fsp3) is 0.562. The first-order valence-electron chi connectivity index (χ1n) is 7.43. The van der Waals surface area contributed by atoms with Gasteiger partial charge in [0.1, 0.15) is 5.82 Å². The predicted octanol–water partition coefficient (Wildman–Crippen LogP) is 5.60. The van der Waals surface area contributed by atoms with Gasteiger partial charge in [0.05, 0.1) is 16.9 Å². The van der Waals surface area contributed by atoms with Crippen molar-refractivity contribution in [2.24, 2.45) is 0 Å². The van der Waals surface area contributed by atoms with Crippen molar-refractivity contribution >= 4 is 50.3 Å². The van der Waals surface area contributed by atoms with Gasteiger partial charge >= 0.3 is 0 Å². The average Bonchev–Trinajstić information content (AvgIpc) is 2.85. The highest BCUT2D eigenvalue weighted by Crippen LogP contribution is 2.41. The molecule has 114 valence electrons. The van der Waals surface area contributed by atoms with E-state index in [0.717, 1.165) is 22.4 Å². The zero-order chi connectivity index (χ0) is 14.9. The number of hydrogen-bond acceptors (Lipinski definition) is 2. The summed E-state index contributed by atoms with van der Waals surface area (Å²) in [6.07, 6.45) is 8.90.